The smallest absolute Gasteiger partial charge is 0.199 e. The summed E-state index contributed by atoms with van der Waals surface area (Å²) in [4.78, 5) is 11.5. The molecule has 1 aliphatic rings. The summed E-state index contributed by atoms with van der Waals surface area (Å²) in [5.74, 6) is 0.825. The zero-order valence-electron chi connectivity index (χ0n) is 8.03. The average Bonchev–Trinajstić information content (AvgIpc) is 2.61. The molecule has 1 aromatic carbocycles. The van der Waals surface area contributed by atoms with Crippen molar-refractivity contribution in [1.82, 2.24) is 0 Å². The molecule has 0 aliphatic carbocycles. The van der Waals surface area contributed by atoms with Crippen molar-refractivity contribution in [1.29, 1.82) is 0 Å². The first-order valence-corrected chi connectivity index (χ1v) is 4.57. The lowest BCUT2D eigenvalue weighted by atomic mass is 10.1. The van der Waals surface area contributed by atoms with E-state index in [0.29, 0.717) is 6.42 Å². The summed E-state index contributed by atoms with van der Waals surface area (Å²) < 4.78 is 10.3. The van der Waals surface area contributed by atoms with Gasteiger partial charge >= 0.3 is 0 Å². The first kappa shape index (κ1) is 9.21. The SMILES string of the molecule is COCC(=O)C1Cc2ccccc2O1. The fourth-order valence-corrected chi connectivity index (χ4v) is 1.60. The number of Topliss-reactive ketones (excluding diaryl/α,β-unsaturated/α-hetero) is 1. The standard InChI is InChI=1S/C11H12O3/c1-13-7-9(12)11-6-8-4-2-3-5-10(8)14-11/h2-5,11H,6-7H2,1H3. The van der Waals surface area contributed by atoms with Gasteiger partial charge in [-0.15, -0.1) is 0 Å². The number of benzene rings is 1. The van der Waals surface area contributed by atoms with E-state index in [1.165, 1.54) is 7.11 Å². The Bertz CT molecular complexity index is 321. The second-order valence-electron chi connectivity index (χ2n) is 3.32. The Balaban J connectivity index is 2.08. The highest BCUT2D eigenvalue weighted by atomic mass is 16.5. The molecule has 1 atom stereocenters. The Morgan fingerprint density at radius 2 is 2.36 bits per heavy atom. The van der Waals surface area contributed by atoms with Gasteiger partial charge in [0.15, 0.2) is 11.9 Å². The quantitative estimate of drug-likeness (QED) is 0.722. The second-order valence-corrected chi connectivity index (χ2v) is 3.32. The number of carbonyl (C=O) groups excluding carboxylic acids is 1. The molecule has 14 heavy (non-hydrogen) atoms. The van der Waals surface area contributed by atoms with E-state index >= 15 is 0 Å². The van der Waals surface area contributed by atoms with Crippen molar-refractivity contribution in [2.45, 2.75) is 12.5 Å². The molecule has 0 amide bonds. The molecule has 0 spiro atoms. The Morgan fingerprint density at radius 3 is 3.07 bits per heavy atom. The van der Waals surface area contributed by atoms with Crippen LogP contribution < -0.4 is 4.74 Å². The molecule has 74 valence electrons. The molecule has 0 saturated heterocycles. The van der Waals surface area contributed by atoms with Gasteiger partial charge in [-0.2, -0.15) is 0 Å². The van der Waals surface area contributed by atoms with Gasteiger partial charge in [-0.05, 0) is 11.6 Å². The molecule has 1 unspecified atom stereocenters. The molecule has 3 heteroatoms. The molecule has 0 fully saturated rings. The van der Waals surface area contributed by atoms with E-state index in [4.69, 9.17) is 9.47 Å². The molecule has 0 radical (unpaired) electrons. The van der Waals surface area contributed by atoms with Crippen LogP contribution in [0.15, 0.2) is 24.3 Å². The summed E-state index contributed by atoms with van der Waals surface area (Å²) in [7, 11) is 1.51. The molecule has 0 aromatic heterocycles. The fourth-order valence-electron chi connectivity index (χ4n) is 1.60. The number of ketones is 1. The first-order chi connectivity index (χ1) is 6.81. The van der Waals surface area contributed by atoms with E-state index < -0.39 is 0 Å². The molecular weight excluding hydrogens is 180 g/mol. The number of rotatable bonds is 3. The Morgan fingerprint density at radius 1 is 1.57 bits per heavy atom. The molecule has 0 bridgehead atoms. The third-order valence-corrected chi connectivity index (χ3v) is 2.29. The molecule has 0 saturated carbocycles. The van der Waals surface area contributed by atoms with Crippen LogP contribution in [-0.2, 0) is 16.0 Å². The van der Waals surface area contributed by atoms with Gasteiger partial charge in [-0.1, -0.05) is 18.2 Å². The van der Waals surface area contributed by atoms with Gasteiger partial charge in [-0.3, -0.25) is 4.79 Å². The molecule has 1 aromatic rings. The zero-order chi connectivity index (χ0) is 9.97. The topological polar surface area (TPSA) is 35.5 Å². The van der Waals surface area contributed by atoms with E-state index in [2.05, 4.69) is 0 Å². The van der Waals surface area contributed by atoms with E-state index in [1.807, 2.05) is 24.3 Å². The maximum Gasteiger partial charge on any atom is 0.199 e. The average molecular weight is 192 g/mol. The minimum absolute atomic E-state index is 0.00343. The van der Waals surface area contributed by atoms with E-state index in [0.717, 1.165) is 11.3 Å². The van der Waals surface area contributed by atoms with Gasteiger partial charge in [0.1, 0.15) is 12.4 Å². The summed E-state index contributed by atoms with van der Waals surface area (Å²) in [6.45, 7) is 0.124. The van der Waals surface area contributed by atoms with Crippen molar-refractivity contribution < 1.29 is 14.3 Å². The largest absolute Gasteiger partial charge is 0.482 e. The lowest BCUT2D eigenvalue weighted by molar-refractivity contribution is -0.128. The summed E-state index contributed by atoms with van der Waals surface area (Å²) in [5, 5.41) is 0. The third kappa shape index (κ3) is 1.63. The molecular formula is C11H12O3. The van der Waals surface area contributed by atoms with Crippen LogP contribution >= 0.6 is 0 Å². The van der Waals surface area contributed by atoms with Crippen LogP contribution in [0.4, 0.5) is 0 Å². The van der Waals surface area contributed by atoms with Crippen molar-refractivity contribution in [2.75, 3.05) is 13.7 Å². The van der Waals surface area contributed by atoms with Crippen LogP contribution in [0.1, 0.15) is 5.56 Å². The van der Waals surface area contributed by atoms with E-state index in [1.54, 1.807) is 0 Å². The normalized spacial score (nSPS) is 18.8. The highest BCUT2D eigenvalue weighted by molar-refractivity contribution is 5.85. The van der Waals surface area contributed by atoms with Gasteiger partial charge in [0.25, 0.3) is 0 Å². The minimum Gasteiger partial charge on any atom is -0.482 e. The van der Waals surface area contributed by atoms with Gasteiger partial charge in [0.2, 0.25) is 0 Å². The number of hydrogen-bond donors (Lipinski definition) is 0. The summed E-state index contributed by atoms with van der Waals surface area (Å²) in [6, 6.07) is 7.72. The molecule has 1 aliphatic heterocycles. The van der Waals surface area contributed by atoms with Crippen LogP contribution in [0.25, 0.3) is 0 Å². The van der Waals surface area contributed by atoms with Crippen molar-refractivity contribution >= 4 is 5.78 Å². The van der Waals surface area contributed by atoms with Gasteiger partial charge in [0, 0.05) is 13.5 Å². The lowest BCUT2D eigenvalue weighted by Crippen LogP contribution is -2.28. The lowest BCUT2D eigenvalue weighted by Gasteiger charge is -2.07. The maximum absolute atomic E-state index is 11.5. The maximum atomic E-state index is 11.5. The summed E-state index contributed by atoms with van der Waals surface area (Å²) in [5.41, 5.74) is 1.10. The molecule has 0 N–H and O–H groups in total. The molecule has 3 nitrogen and oxygen atoms in total. The molecule has 1 heterocycles. The van der Waals surface area contributed by atoms with Crippen molar-refractivity contribution in [3.63, 3.8) is 0 Å². The predicted octanol–water partition coefficient (Wildman–Crippen LogP) is 1.21. The highest BCUT2D eigenvalue weighted by Gasteiger charge is 2.28. The third-order valence-electron chi connectivity index (χ3n) is 2.29. The van der Waals surface area contributed by atoms with Crippen molar-refractivity contribution in [3.05, 3.63) is 29.8 Å². The number of methoxy groups -OCH3 is 1. The van der Waals surface area contributed by atoms with Gasteiger partial charge in [0.05, 0.1) is 0 Å². The van der Waals surface area contributed by atoms with Crippen LogP contribution in [-0.4, -0.2) is 25.6 Å². The van der Waals surface area contributed by atoms with Crippen LogP contribution in [0, 0.1) is 0 Å². The highest BCUT2D eigenvalue weighted by Crippen LogP contribution is 2.28. The number of fused-ring (bicyclic) bond motifs is 1. The predicted molar refractivity (Wildman–Crippen MR) is 51.4 cm³/mol. The van der Waals surface area contributed by atoms with Gasteiger partial charge < -0.3 is 9.47 Å². The second kappa shape index (κ2) is 3.80. The fraction of sp³-hybridized carbons (Fsp3) is 0.364. The summed E-state index contributed by atoms with van der Waals surface area (Å²) in [6.07, 6.45) is 0.311. The molecule has 2 rings (SSSR count). The summed E-state index contributed by atoms with van der Waals surface area (Å²) >= 11 is 0. The van der Waals surface area contributed by atoms with Gasteiger partial charge in [-0.25, -0.2) is 0 Å². The van der Waals surface area contributed by atoms with Crippen LogP contribution in [0.5, 0.6) is 5.75 Å². The number of ether oxygens (including phenoxy) is 2. The Kier molecular flexibility index (Phi) is 2.50. The van der Waals surface area contributed by atoms with Crippen molar-refractivity contribution in [3.8, 4) is 5.75 Å². The minimum atomic E-state index is -0.354. The van der Waals surface area contributed by atoms with E-state index in [9.17, 15) is 4.79 Å². The monoisotopic (exact) mass is 192 g/mol. The van der Waals surface area contributed by atoms with E-state index in [-0.39, 0.29) is 18.5 Å². The Hall–Kier alpha value is -1.35. The number of para-hydroxylation sites is 1. The van der Waals surface area contributed by atoms with Crippen LogP contribution in [0.3, 0.4) is 0 Å². The van der Waals surface area contributed by atoms with Crippen molar-refractivity contribution in [2.24, 2.45) is 0 Å². The number of hydrogen-bond acceptors (Lipinski definition) is 3. The zero-order valence-corrected chi connectivity index (χ0v) is 8.03. The first-order valence-electron chi connectivity index (χ1n) is 4.57. The Labute approximate surface area is 82.6 Å². The number of carbonyl (C=O) groups is 1. The van der Waals surface area contributed by atoms with Crippen LogP contribution in [0.2, 0.25) is 0 Å².